The standard InChI is InChI=1S/C22H26F3NO7S/c23-22(24,25)34(30,31)26-19(27)14-11-15(20(28)32-17-7-3-1-4-8-17)13-16(12-14)21(29)33-18-9-5-2-6-10-18/h11-13,17-18H,1-10H2,(H,26,27). The van der Waals surface area contributed by atoms with Crippen LogP contribution in [0.4, 0.5) is 13.2 Å². The Balaban J connectivity index is 1.87. The largest absolute Gasteiger partial charge is 0.516 e. The molecule has 0 heterocycles. The smallest absolute Gasteiger partial charge is 0.459 e. The van der Waals surface area contributed by atoms with E-state index in [1.165, 1.54) is 0 Å². The van der Waals surface area contributed by atoms with E-state index < -0.39 is 38.9 Å². The van der Waals surface area contributed by atoms with Gasteiger partial charge in [0.15, 0.2) is 0 Å². The van der Waals surface area contributed by atoms with E-state index in [0.717, 1.165) is 61.4 Å². The number of carbonyl (C=O) groups excluding carboxylic acids is 3. The van der Waals surface area contributed by atoms with E-state index >= 15 is 0 Å². The topological polar surface area (TPSA) is 116 Å². The van der Waals surface area contributed by atoms with Crippen molar-refractivity contribution in [1.29, 1.82) is 0 Å². The first-order valence-corrected chi connectivity index (χ1v) is 12.6. The second-order valence-corrected chi connectivity index (χ2v) is 10.2. The predicted octanol–water partition coefficient (Wildman–Crippen LogP) is 4.25. The number of hydrogen-bond donors (Lipinski definition) is 1. The van der Waals surface area contributed by atoms with Crippen LogP contribution in [-0.4, -0.2) is 44.0 Å². The number of nitrogens with one attached hydrogen (secondary N) is 1. The number of benzene rings is 1. The molecule has 12 heteroatoms. The molecule has 2 saturated carbocycles. The SMILES string of the molecule is O=C(NS(=O)(=O)C(F)(F)F)c1cc(C(=O)OC2CCCCC2)cc(C(=O)OC2CCCCC2)c1. The number of rotatable bonds is 6. The summed E-state index contributed by atoms with van der Waals surface area (Å²) in [7, 11) is -5.99. The number of alkyl halides is 3. The summed E-state index contributed by atoms with van der Waals surface area (Å²) in [4.78, 5) is 37.7. The Morgan fingerprint density at radius 2 is 1.12 bits per heavy atom. The quantitative estimate of drug-likeness (QED) is 0.575. The van der Waals surface area contributed by atoms with Gasteiger partial charge >= 0.3 is 27.5 Å². The monoisotopic (exact) mass is 505 g/mol. The fourth-order valence-electron chi connectivity index (χ4n) is 4.04. The molecule has 1 N–H and O–H groups in total. The average molecular weight is 506 g/mol. The van der Waals surface area contributed by atoms with Gasteiger partial charge in [-0.2, -0.15) is 21.6 Å². The number of halogens is 3. The number of esters is 2. The zero-order valence-electron chi connectivity index (χ0n) is 18.4. The summed E-state index contributed by atoms with van der Waals surface area (Å²) in [5, 5.41) is 0. The van der Waals surface area contributed by atoms with Gasteiger partial charge in [0.1, 0.15) is 12.2 Å². The lowest BCUT2D eigenvalue weighted by atomic mass is 9.97. The molecule has 0 unspecified atom stereocenters. The van der Waals surface area contributed by atoms with E-state index in [1.54, 1.807) is 0 Å². The Bertz CT molecular complexity index is 977. The van der Waals surface area contributed by atoms with Crippen molar-refractivity contribution in [1.82, 2.24) is 4.72 Å². The van der Waals surface area contributed by atoms with Gasteiger partial charge in [0.05, 0.1) is 11.1 Å². The molecular weight excluding hydrogens is 479 g/mol. The number of amides is 1. The van der Waals surface area contributed by atoms with E-state index in [0.29, 0.717) is 25.7 Å². The molecule has 34 heavy (non-hydrogen) atoms. The molecule has 0 atom stereocenters. The van der Waals surface area contributed by atoms with Crippen LogP contribution in [0.1, 0.15) is 95.3 Å². The van der Waals surface area contributed by atoms with Gasteiger partial charge in [0.25, 0.3) is 5.91 Å². The summed E-state index contributed by atoms with van der Waals surface area (Å²) < 4.78 is 72.6. The number of carbonyl (C=O) groups is 3. The van der Waals surface area contributed by atoms with Gasteiger partial charge in [-0.15, -0.1) is 0 Å². The second-order valence-electron chi connectivity index (χ2n) is 8.51. The molecule has 0 bridgehead atoms. The maximum Gasteiger partial charge on any atom is 0.516 e. The Labute approximate surface area is 195 Å². The Morgan fingerprint density at radius 3 is 1.50 bits per heavy atom. The molecule has 0 spiro atoms. The highest BCUT2D eigenvalue weighted by Crippen LogP contribution is 2.25. The van der Waals surface area contributed by atoms with Crippen LogP contribution in [-0.2, 0) is 19.5 Å². The summed E-state index contributed by atoms with van der Waals surface area (Å²) in [6, 6.07) is 2.92. The van der Waals surface area contributed by atoms with Crippen molar-refractivity contribution in [2.75, 3.05) is 0 Å². The van der Waals surface area contributed by atoms with E-state index in [-0.39, 0.29) is 23.3 Å². The highest BCUT2D eigenvalue weighted by atomic mass is 32.2. The molecule has 0 radical (unpaired) electrons. The van der Waals surface area contributed by atoms with Crippen molar-refractivity contribution in [3.05, 3.63) is 34.9 Å². The van der Waals surface area contributed by atoms with E-state index in [2.05, 4.69) is 0 Å². The first kappa shape index (κ1) is 26.0. The highest BCUT2D eigenvalue weighted by Gasteiger charge is 2.47. The molecule has 2 fully saturated rings. The van der Waals surface area contributed by atoms with Crippen molar-refractivity contribution in [2.45, 2.75) is 81.9 Å². The highest BCUT2D eigenvalue weighted by molar-refractivity contribution is 7.90. The van der Waals surface area contributed by atoms with Crippen molar-refractivity contribution in [3.8, 4) is 0 Å². The Hall–Kier alpha value is -2.63. The maximum absolute atomic E-state index is 12.7. The lowest BCUT2D eigenvalue weighted by Gasteiger charge is -2.23. The fourth-order valence-corrected chi connectivity index (χ4v) is 4.52. The minimum Gasteiger partial charge on any atom is -0.459 e. The van der Waals surface area contributed by atoms with Gasteiger partial charge in [-0.3, -0.25) is 4.79 Å². The zero-order chi connectivity index (χ0) is 24.9. The molecule has 0 saturated heterocycles. The van der Waals surface area contributed by atoms with Gasteiger partial charge in [0, 0.05) is 5.56 Å². The molecule has 0 aromatic heterocycles. The molecule has 1 aromatic rings. The molecule has 188 valence electrons. The van der Waals surface area contributed by atoms with Gasteiger partial charge in [-0.1, -0.05) is 12.8 Å². The molecule has 3 rings (SSSR count). The minimum absolute atomic E-state index is 0.266. The molecule has 8 nitrogen and oxygen atoms in total. The van der Waals surface area contributed by atoms with Crippen molar-refractivity contribution in [3.63, 3.8) is 0 Å². The molecule has 2 aliphatic rings. The number of hydrogen-bond acceptors (Lipinski definition) is 7. The molecule has 0 aliphatic heterocycles. The third-order valence-electron chi connectivity index (χ3n) is 5.85. The van der Waals surface area contributed by atoms with Crippen molar-refractivity contribution >= 4 is 27.9 Å². The molecule has 1 amide bonds. The van der Waals surface area contributed by atoms with E-state index in [4.69, 9.17) is 9.47 Å². The van der Waals surface area contributed by atoms with Gasteiger partial charge in [-0.25, -0.2) is 14.3 Å². The van der Waals surface area contributed by atoms with Crippen LogP contribution in [0, 0.1) is 0 Å². The minimum atomic E-state index is -5.99. The summed E-state index contributed by atoms with van der Waals surface area (Å²) in [6.45, 7) is 0. The molecular formula is C22H26F3NO7S. The fraction of sp³-hybridized carbons (Fsp3) is 0.591. The normalized spacial score (nSPS) is 18.2. The van der Waals surface area contributed by atoms with E-state index in [9.17, 15) is 36.0 Å². The third kappa shape index (κ3) is 6.71. The average Bonchev–Trinajstić information content (AvgIpc) is 2.79. The third-order valence-corrected chi connectivity index (χ3v) is 6.91. The van der Waals surface area contributed by atoms with Gasteiger partial charge in [0.2, 0.25) is 0 Å². The van der Waals surface area contributed by atoms with Gasteiger partial charge < -0.3 is 9.47 Å². The number of sulfonamides is 1. The summed E-state index contributed by atoms with van der Waals surface area (Å²) in [5.74, 6) is -3.38. The lowest BCUT2D eigenvalue weighted by Crippen LogP contribution is -2.40. The van der Waals surface area contributed by atoms with Crippen LogP contribution in [0.3, 0.4) is 0 Å². The van der Waals surface area contributed by atoms with E-state index in [1.807, 2.05) is 0 Å². The van der Waals surface area contributed by atoms with Crippen molar-refractivity contribution < 1.29 is 45.4 Å². The number of ether oxygens (including phenoxy) is 2. The van der Waals surface area contributed by atoms with Crippen LogP contribution in [0.5, 0.6) is 0 Å². The summed E-state index contributed by atoms with van der Waals surface area (Å²) >= 11 is 0. The Morgan fingerprint density at radius 1 is 0.735 bits per heavy atom. The van der Waals surface area contributed by atoms with Crippen LogP contribution in [0.25, 0.3) is 0 Å². The first-order valence-electron chi connectivity index (χ1n) is 11.2. The molecule has 1 aromatic carbocycles. The van der Waals surface area contributed by atoms with Crippen LogP contribution in [0.2, 0.25) is 0 Å². The molecule has 2 aliphatic carbocycles. The predicted molar refractivity (Wildman–Crippen MR) is 113 cm³/mol. The Kier molecular flexibility index (Phi) is 8.21. The van der Waals surface area contributed by atoms with Crippen LogP contribution in [0.15, 0.2) is 18.2 Å². The van der Waals surface area contributed by atoms with Gasteiger partial charge in [-0.05, 0) is 69.6 Å². The zero-order valence-corrected chi connectivity index (χ0v) is 19.2. The summed E-state index contributed by atoms with van der Waals surface area (Å²) in [6.07, 6.45) is 7.36. The van der Waals surface area contributed by atoms with Crippen molar-refractivity contribution in [2.24, 2.45) is 0 Å². The maximum atomic E-state index is 12.7. The summed E-state index contributed by atoms with van der Waals surface area (Å²) in [5.41, 5.74) is -6.87. The lowest BCUT2D eigenvalue weighted by molar-refractivity contribution is -0.0446. The second kappa shape index (κ2) is 10.7. The van der Waals surface area contributed by atoms with Crippen LogP contribution < -0.4 is 4.72 Å². The first-order chi connectivity index (χ1) is 16.0. The van der Waals surface area contributed by atoms with Crippen LogP contribution >= 0.6 is 0 Å².